The van der Waals surface area contributed by atoms with E-state index in [9.17, 15) is 0 Å². The van der Waals surface area contributed by atoms with Crippen molar-refractivity contribution < 1.29 is 0 Å². The zero-order valence-electron chi connectivity index (χ0n) is 10.0. The number of hydrogen-bond acceptors (Lipinski definition) is 3. The fourth-order valence-corrected chi connectivity index (χ4v) is 1.22. The Bertz CT molecular complexity index is 300. The zero-order valence-corrected chi connectivity index (χ0v) is 10.0. The molecule has 84 valence electrons. The smallest absolute Gasteiger partial charge is 0.0744 e. The molecule has 0 fully saturated rings. The van der Waals surface area contributed by atoms with Gasteiger partial charge in [0.25, 0.3) is 0 Å². The molecule has 3 N–H and O–H groups in total. The Hall–Kier alpha value is -1.38. The Morgan fingerprint density at radius 2 is 2.00 bits per heavy atom. The third kappa shape index (κ3) is 3.70. The Kier molecular flexibility index (Phi) is 5.60. The largest absolute Gasteiger partial charge is 0.396 e. The third-order valence-corrected chi connectivity index (χ3v) is 2.54. The molecular weight excluding hydrogens is 186 g/mol. The molecule has 2 atom stereocenters. The van der Waals surface area contributed by atoms with Crippen LogP contribution in [0.5, 0.6) is 0 Å². The summed E-state index contributed by atoms with van der Waals surface area (Å²) < 4.78 is 0. The summed E-state index contributed by atoms with van der Waals surface area (Å²) in [5.74, 6) is 0.473. The molecule has 2 unspecified atom stereocenters. The van der Waals surface area contributed by atoms with Gasteiger partial charge in [0, 0.05) is 12.1 Å². The van der Waals surface area contributed by atoms with Crippen molar-refractivity contribution in [2.75, 3.05) is 0 Å². The van der Waals surface area contributed by atoms with Crippen molar-refractivity contribution in [3.8, 4) is 0 Å². The number of aliphatic imine (C=N–C) groups is 1. The summed E-state index contributed by atoms with van der Waals surface area (Å²) in [5, 5.41) is 7.52. The first-order valence-electron chi connectivity index (χ1n) is 5.12. The molecule has 0 aromatic carbocycles. The average molecular weight is 207 g/mol. The van der Waals surface area contributed by atoms with Crippen LogP contribution < -0.4 is 5.73 Å². The van der Waals surface area contributed by atoms with Gasteiger partial charge in [-0.15, -0.1) is 6.58 Å². The molecule has 0 saturated heterocycles. The molecule has 0 aliphatic heterocycles. The highest BCUT2D eigenvalue weighted by atomic mass is 14.8. The molecule has 0 aromatic rings. The molecule has 0 rings (SSSR count). The molecule has 0 saturated carbocycles. The highest BCUT2D eigenvalue weighted by molar-refractivity contribution is 5.95. The van der Waals surface area contributed by atoms with Crippen LogP contribution in [0.3, 0.4) is 0 Å². The van der Waals surface area contributed by atoms with Gasteiger partial charge in [-0.3, -0.25) is 4.99 Å². The molecule has 0 spiro atoms. The maximum absolute atomic E-state index is 7.52. The quantitative estimate of drug-likeness (QED) is 0.528. The number of allylic oxidation sites excluding steroid dienone is 3. The van der Waals surface area contributed by atoms with E-state index in [2.05, 4.69) is 18.5 Å². The normalized spacial score (nSPS) is 17.1. The molecule has 0 aliphatic rings. The summed E-state index contributed by atoms with van der Waals surface area (Å²) in [7, 11) is 0. The standard InChI is InChI=1S/C12H21N3/c1-6-8(3)9(4)12(15-7-2)11(14)10(5)13/h6-9,13H,1,14H2,2-5H3/b12-11+,13-10?,15-7-. The van der Waals surface area contributed by atoms with Crippen LogP contribution in [0.4, 0.5) is 0 Å². The van der Waals surface area contributed by atoms with Crippen LogP contribution in [0, 0.1) is 17.2 Å². The van der Waals surface area contributed by atoms with Crippen molar-refractivity contribution in [2.24, 2.45) is 22.6 Å². The molecule has 3 nitrogen and oxygen atoms in total. The Balaban J connectivity index is 5.22. The summed E-state index contributed by atoms with van der Waals surface area (Å²) >= 11 is 0. The van der Waals surface area contributed by atoms with Gasteiger partial charge in [-0.2, -0.15) is 0 Å². The predicted molar refractivity (Wildman–Crippen MR) is 67.3 cm³/mol. The first-order chi connectivity index (χ1) is 6.95. The van der Waals surface area contributed by atoms with E-state index in [1.165, 1.54) is 0 Å². The average Bonchev–Trinajstić information content (AvgIpc) is 2.22. The predicted octanol–water partition coefficient (Wildman–Crippen LogP) is 2.75. The lowest BCUT2D eigenvalue weighted by Crippen LogP contribution is -2.17. The van der Waals surface area contributed by atoms with Crippen LogP contribution in [-0.4, -0.2) is 11.9 Å². The summed E-state index contributed by atoms with van der Waals surface area (Å²) in [6, 6.07) is 0. The molecular formula is C12H21N3. The van der Waals surface area contributed by atoms with Crippen LogP contribution in [0.1, 0.15) is 27.7 Å². The highest BCUT2D eigenvalue weighted by Gasteiger charge is 2.17. The van der Waals surface area contributed by atoms with Gasteiger partial charge in [0.05, 0.1) is 17.1 Å². The van der Waals surface area contributed by atoms with Crippen molar-refractivity contribution in [1.29, 1.82) is 5.41 Å². The van der Waals surface area contributed by atoms with Crippen molar-refractivity contribution in [1.82, 2.24) is 0 Å². The van der Waals surface area contributed by atoms with Gasteiger partial charge in [0.2, 0.25) is 0 Å². The summed E-state index contributed by atoms with van der Waals surface area (Å²) in [6.07, 6.45) is 3.58. The van der Waals surface area contributed by atoms with E-state index in [4.69, 9.17) is 11.1 Å². The van der Waals surface area contributed by atoms with Gasteiger partial charge < -0.3 is 11.1 Å². The molecule has 0 aromatic heterocycles. The second-order valence-corrected chi connectivity index (χ2v) is 3.69. The number of hydrogen-bond donors (Lipinski definition) is 2. The molecule has 3 heteroatoms. The minimum Gasteiger partial charge on any atom is -0.396 e. The van der Waals surface area contributed by atoms with E-state index < -0.39 is 0 Å². The van der Waals surface area contributed by atoms with Crippen molar-refractivity contribution in [2.45, 2.75) is 27.7 Å². The SMILES string of the molecule is C=CC(C)C(C)C(/N=C\C)=C(\N)C(C)=N. The molecule has 0 amide bonds. The zero-order chi connectivity index (χ0) is 12.0. The lowest BCUT2D eigenvalue weighted by molar-refractivity contribution is 0.523. The summed E-state index contributed by atoms with van der Waals surface area (Å²) in [5.41, 5.74) is 7.45. The molecule has 0 bridgehead atoms. The maximum Gasteiger partial charge on any atom is 0.0744 e. The van der Waals surface area contributed by atoms with E-state index in [-0.39, 0.29) is 5.92 Å². The van der Waals surface area contributed by atoms with Gasteiger partial charge >= 0.3 is 0 Å². The summed E-state index contributed by atoms with van der Waals surface area (Å²) in [6.45, 7) is 11.4. The van der Waals surface area contributed by atoms with Crippen molar-refractivity contribution in [3.05, 3.63) is 24.0 Å². The van der Waals surface area contributed by atoms with Gasteiger partial charge in [0.15, 0.2) is 0 Å². The molecule has 0 heterocycles. The molecule has 15 heavy (non-hydrogen) atoms. The van der Waals surface area contributed by atoms with Crippen LogP contribution in [0.2, 0.25) is 0 Å². The second-order valence-electron chi connectivity index (χ2n) is 3.69. The fraction of sp³-hybridized carbons (Fsp3) is 0.500. The Morgan fingerprint density at radius 1 is 1.47 bits per heavy atom. The number of nitrogens with two attached hydrogens (primary N) is 1. The first-order valence-corrected chi connectivity index (χ1v) is 5.12. The first kappa shape index (κ1) is 13.6. The lowest BCUT2D eigenvalue weighted by atomic mass is 9.91. The number of nitrogens with zero attached hydrogens (tertiary/aromatic N) is 1. The maximum atomic E-state index is 7.52. The van der Waals surface area contributed by atoms with Crippen molar-refractivity contribution in [3.63, 3.8) is 0 Å². The van der Waals surface area contributed by atoms with Gasteiger partial charge in [-0.25, -0.2) is 0 Å². The van der Waals surface area contributed by atoms with E-state index in [1.54, 1.807) is 13.1 Å². The van der Waals surface area contributed by atoms with Crippen LogP contribution in [0.15, 0.2) is 29.0 Å². The van der Waals surface area contributed by atoms with Gasteiger partial charge in [0.1, 0.15) is 0 Å². The molecule has 0 aliphatic carbocycles. The third-order valence-electron chi connectivity index (χ3n) is 2.54. The Labute approximate surface area is 92.3 Å². The lowest BCUT2D eigenvalue weighted by Gasteiger charge is -2.18. The number of nitrogens with one attached hydrogen (secondary N) is 1. The topological polar surface area (TPSA) is 62.2 Å². The Morgan fingerprint density at radius 3 is 2.33 bits per heavy atom. The minimum atomic E-state index is 0.180. The summed E-state index contributed by atoms with van der Waals surface area (Å²) in [4.78, 5) is 4.26. The van der Waals surface area contributed by atoms with Crippen LogP contribution >= 0.6 is 0 Å². The van der Waals surface area contributed by atoms with E-state index in [0.29, 0.717) is 17.3 Å². The van der Waals surface area contributed by atoms with Gasteiger partial charge in [-0.05, 0) is 19.8 Å². The van der Waals surface area contributed by atoms with Gasteiger partial charge in [-0.1, -0.05) is 19.9 Å². The van der Waals surface area contributed by atoms with Crippen LogP contribution in [0.25, 0.3) is 0 Å². The minimum absolute atomic E-state index is 0.180. The van der Waals surface area contributed by atoms with E-state index >= 15 is 0 Å². The monoisotopic (exact) mass is 207 g/mol. The fourth-order valence-electron chi connectivity index (χ4n) is 1.22. The van der Waals surface area contributed by atoms with E-state index in [1.807, 2.05) is 19.9 Å². The number of rotatable bonds is 5. The van der Waals surface area contributed by atoms with Crippen LogP contribution in [-0.2, 0) is 0 Å². The van der Waals surface area contributed by atoms with E-state index in [0.717, 1.165) is 5.70 Å². The molecule has 0 radical (unpaired) electrons. The van der Waals surface area contributed by atoms with Crippen molar-refractivity contribution >= 4 is 11.9 Å². The highest BCUT2D eigenvalue weighted by Crippen LogP contribution is 2.23. The second kappa shape index (κ2) is 6.17.